The zero-order valence-corrected chi connectivity index (χ0v) is 21.9. The molecule has 4 rings (SSSR count). The van der Waals surface area contributed by atoms with Gasteiger partial charge >= 0.3 is 0 Å². The second-order valence-electron chi connectivity index (χ2n) is 8.87. The highest BCUT2D eigenvalue weighted by Crippen LogP contribution is 2.22. The molecule has 1 N–H and O–H groups in total. The van der Waals surface area contributed by atoms with Gasteiger partial charge in [-0.1, -0.05) is 36.4 Å². The maximum Gasteiger partial charge on any atom is 0.225 e. The van der Waals surface area contributed by atoms with E-state index in [9.17, 15) is 0 Å². The average Bonchev–Trinajstić information content (AvgIpc) is 3.32. The molecular weight excluding hydrogens is 470 g/mol. The minimum Gasteiger partial charge on any atom is -0.472 e. The predicted octanol–water partition coefficient (Wildman–Crippen LogP) is 5.35. The maximum absolute atomic E-state index is 6.14. The molecule has 8 heteroatoms. The van der Waals surface area contributed by atoms with E-state index >= 15 is 0 Å². The molecule has 0 unspecified atom stereocenters. The van der Waals surface area contributed by atoms with E-state index < -0.39 is 0 Å². The molecule has 0 aliphatic rings. The number of aromatic nitrogens is 3. The SMILES string of the molecule is Cc1ccc(Cc2cnc(NCCSCc3ccc(CN(C)C)o3)nc2OCc2ccccc2)cn1. The molecule has 0 aliphatic heterocycles. The zero-order chi connectivity index (χ0) is 25.2. The highest BCUT2D eigenvalue weighted by Gasteiger charge is 2.11. The van der Waals surface area contributed by atoms with Gasteiger partial charge in [0.05, 0.1) is 12.3 Å². The summed E-state index contributed by atoms with van der Waals surface area (Å²) >= 11 is 1.81. The summed E-state index contributed by atoms with van der Waals surface area (Å²) in [6.45, 7) is 3.99. The number of nitrogens with one attached hydrogen (secondary N) is 1. The number of thioether (sulfide) groups is 1. The monoisotopic (exact) mass is 503 g/mol. The lowest BCUT2D eigenvalue weighted by Crippen LogP contribution is -2.10. The van der Waals surface area contributed by atoms with Crippen LogP contribution in [0.2, 0.25) is 0 Å². The van der Waals surface area contributed by atoms with Crippen LogP contribution >= 0.6 is 11.8 Å². The van der Waals surface area contributed by atoms with Crippen LogP contribution in [0.3, 0.4) is 0 Å². The number of pyridine rings is 1. The van der Waals surface area contributed by atoms with Gasteiger partial charge in [0, 0.05) is 42.4 Å². The molecule has 3 aromatic heterocycles. The Morgan fingerprint density at radius 1 is 0.944 bits per heavy atom. The van der Waals surface area contributed by atoms with Gasteiger partial charge in [0.2, 0.25) is 11.8 Å². The predicted molar refractivity (Wildman–Crippen MR) is 145 cm³/mol. The number of ether oxygens (including phenoxy) is 1. The number of nitrogens with zero attached hydrogens (tertiary/aromatic N) is 4. The molecule has 0 amide bonds. The van der Waals surface area contributed by atoms with E-state index in [0.29, 0.717) is 24.9 Å². The van der Waals surface area contributed by atoms with Gasteiger partial charge in [-0.05, 0) is 50.3 Å². The number of hydrogen-bond acceptors (Lipinski definition) is 8. The highest BCUT2D eigenvalue weighted by atomic mass is 32.2. The number of furan rings is 1. The highest BCUT2D eigenvalue weighted by molar-refractivity contribution is 7.98. The molecule has 0 saturated heterocycles. The topological polar surface area (TPSA) is 76.3 Å². The van der Waals surface area contributed by atoms with Gasteiger partial charge in [-0.25, -0.2) is 4.98 Å². The first-order valence-corrected chi connectivity index (χ1v) is 13.2. The van der Waals surface area contributed by atoms with Crippen molar-refractivity contribution in [1.82, 2.24) is 19.9 Å². The smallest absolute Gasteiger partial charge is 0.225 e. The Kier molecular flexibility index (Phi) is 9.35. The maximum atomic E-state index is 6.14. The van der Waals surface area contributed by atoms with Gasteiger partial charge < -0.3 is 19.4 Å². The molecule has 1 aromatic carbocycles. The van der Waals surface area contributed by atoms with E-state index in [0.717, 1.165) is 58.5 Å². The molecule has 7 nitrogen and oxygen atoms in total. The Balaban J connectivity index is 1.33. The normalized spacial score (nSPS) is 11.1. The molecule has 4 aromatic rings. The Bertz CT molecular complexity index is 1210. The Labute approximate surface area is 217 Å². The molecule has 3 heterocycles. The first kappa shape index (κ1) is 25.7. The van der Waals surface area contributed by atoms with Crippen molar-refractivity contribution in [1.29, 1.82) is 0 Å². The first-order chi connectivity index (χ1) is 17.5. The number of rotatable bonds is 13. The summed E-state index contributed by atoms with van der Waals surface area (Å²) in [5, 5.41) is 3.33. The number of aryl methyl sites for hydroxylation is 1. The van der Waals surface area contributed by atoms with E-state index in [-0.39, 0.29) is 0 Å². The fourth-order valence-electron chi connectivity index (χ4n) is 3.58. The largest absolute Gasteiger partial charge is 0.472 e. The Morgan fingerprint density at radius 2 is 1.78 bits per heavy atom. The van der Waals surface area contributed by atoms with Gasteiger partial charge in [0.15, 0.2) is 0 Å². The van der Waals surface area contributed by atoms with E-state index in [1.807, 2.05) is 87.6 Å². The van der Waals surface area contributed by atoms with Crippen molar-refractivity contribution < 1.29 is 9.15 Å². The molecule has 0 aliphatic carbocycles. The summed E-state index contributed by atoms with van der Waals surface area (Å²) in [6.07, 6.45) is 4.40. The molecule has 188 valence electrons. The third-order valence-corrected chi connectivity index (χ3v) is 6.36. The minimum absolute atomic E-state index is 0.450. The van der Waals surface area contributed by atoms with E-state index in [1.54, 1.807) is 0 Å². The van der Waals surface area contributed by atoms with Gasteiger partial charge in [-0.2, -0.15) is 16.7 Å². The van der Waals surface area contributed by atoms with Crippen molar-refractivity contribution in [3.8, 4) is 5.88 Å². The Hall–Kier alpha value is -3.36. The standard InChI is InChI=1S/C28H33N5O2S/c1-21-9-10-23(16-30-21)15-24-17-31-28(32-27(24)34-19-22-7-5-4-6-8-22)29-13-14-36-20-26-12-11-25(35-26)18-33(2)3/h4-12,16-17H,13-15,18-20H2,1-3H3,(H,29,31,32). The van der Waals surface area contributed by atoms with Crippen molar-refractivity contribution in [2.24, 2.45) is 0 Å². The van der Waals surface area contributed by atoms with Crippen molar-refractivity contribution >= 4 is 17.7 Å². The van der Waals surface area contributed by atoms with Gasteiger partial charge in [0.1, 0.15) is 18.1 Å². The summed E-state index contributed by atoms with van der Waals surface area (Å²) in [7, 11) is 4.07. The van der Waals surface area contributed by atoms with Gasteiger partial charge in [0.25, 0.3) is 0 Å². The van der Waals surface area contributed by atoms with E-state index in [4.69, 9.17) is 14.1 Å². The fraction of sp³-hybridized carbons (Fsp3) is 0.321. The molecular formula is C28H33N5O2S. The molecule has 0 bridgehead atoms. The van der Waals surface area contributed by atoms with Crippen molar-refractivity contribution in [2.45, 2.75) is 32.2 Å². The van der Waals surface area contributed by atoms with E-state index in [2.05, 4.69) is 32.3 Å². The quantitative estimate of drug-likeness (QED) is 0.245. The molecule has 0 fully saturated rings. The third kappa shape index (κ3) is 8.10. The van der Waals surface area contributed by atoms with Crippen molar-refractivity contribution in [3.05, 3.63) is 101 Å². The van der Waals surface area contributed by atoms with Gasteiger partial charge in [-0.15, -0.1) is 0 Å². The van der Waals surface area contributed by atoms with Crippen LogP contribution in [-0.4, -0.2) is 46.2 Å². The first-order valence-electron chi connectivity index (χ1n) is 12.0. The van der Waals surface area contributed by atoms with Crippen LogP contribution in [0.5, 0.6) is 5.88 Å². The van der Waals surface area contributed by atoms with E-state index in [1.165, 1.54) is 0 Å². The molecule has 0 radical (unpaired) electrons. The van der Waals surface area contributed by atoms with Crippen molar-refractivity contribution in [3.63, 3.8) is 0 Å². The summed E-state index contributed by atoms with van der Waals surface area (Å²) < 4.78 is 12.0. The molecule has 0 saturated carbocycles. The average molecular weight is 504 g/mol. The van der Waals surface area contributed by atoms with Crippen LogP contribution < -0.4 is 10.1 Å². The lowest BCUT2D eigenvalue weighted by Gasteiger charge is -2.13. The van der Waals surface area contributed by atoms with Crippen LogP contribution in [0.25, 0.3) is 0 Å². The van der Waals surface area contributed by atoms with Crippen molar-refractivity contribution in [2.75, 3.05) is 31.7 Å². The summed E-state index contributed by atoms with van der Waals surface area (Å²) in [6, 6.07) is 18.3. The zero-order valence-electron chi connectivity index (χ0n) is 21.1. The van der Waals surface area contributed by atoms with Crippen LogP contribution in [0.1, 0.15) is 33.9 Å². The summed E-state index contributed by atoms with van der Waals surface area (Å²) in [4.78, 5) is 15.7. The minimum atomic E-state index is 0.450. The molecule has 0 atom stereocenters. The molecule has 36 heavy (non-hydrogen) atoms. The summed E-state index contributed by atoms with van der Waals surface area (Å²) in [5.74, 6) is 4.89. The fourth-order valence-corrected chi connectivity index (χ4v) is 4.32. The number of benzene rings is 1. The van der Waals surface area contributed by atoms with Crippen LogP contribution in [0, 0.1) is 6.92 Å². The van der Waals surface area contributed by atoms with Crippen LogP contribution in [0.15, 0.2) is 71.4 Å². The Morgan fingerprint density at radius 3 is 2.56 bits per heavy atom. The lowest BCUT2D eigenvalue weighted by molar-refractivity contribution is 0.290. The third-order valence-electron chi connectivity index (χ3n) is 5.37. The van der Waals surface area contributed by atoms with Crippen LogP contribution in [-0.2, 0) is 25.3 Å². The van der Waals surface area contributed by atoms with Crippen LogP contribution in [0.4, 0.5) is 5.95 Å². The number of hydrogen-bond donors (Lipinski definition) is 1. The number of anilines is 1. The lowest BCUT2D eigenvalue weighted by atomic mass is 10.1. The second kappa shape index (κ2) is 13.1. The van der Waals surface area contributed by atoms with Gasteiger partial charge in [-0.3, -0.25) is 4.98 Å². The molecule has 0 spiro atoms. The second-order valence-corrected chi connectivity index (χ2v) is 9.97. The summed E-state index contributed by atoms with van der Waals surface area (Å²) in [5.41, 5.74) is 4.12.